The van der Waals surface area contributed by atoms with Gasteiger partial charge in [0.05, 0.1) is 42.3 Å². The molecule has 0 radical (unpaired) electrons. The van der Waals surface area contributed by atoms with Gasteiger partial charge in [-0.1, -0.05) is 13.8 Å². The molecule has 196 valence electrons. The monoisotopic (exact) mass is 508 g/mol. The summed E-state index contributed by atoms with van der Waals surface area (Å²) in [5, 5.41) is 24.8. The standard InChI is InChI=1S/C13H15N5O6.C7H13N3O2/c1-2-9(13(14)20)16-7-15(6-12(16)19)10-4-3-8(17(21)22)5-11(10)18(23)24;1-2-5(7(8)12)10-4-9-3-6(10)11/h3-5,9H,2,6-7H2,1H3,(H2,14,20);5,9H,2-4H2,1H3,(H2,8,12)/t9-;5-/m00/s1. The molecule has 2 aliphatic rings. The van der Waals surface area contributed by atoms with Crippen LogP contribution in [-0.2, 0) is 19.2 Å². The SMILES string of the molecule is CC[C@@H](C(N)=O)N1CN(c2ccc([N+](=O)[O-])cc2[N+](=O)[O-])CC1=O.CC[C@@H](C(N)=O)N1CNCC1=O. The normalized spacial score (nSPS) is 16.9. The number of carbonyl (C=O) groups is 4. The van der Waals surface area contributed by atoms with E-state index in [0.29, 0.717) is 26.1 Å². The molecule has 0 aromatic heterocycles. The minimum absolute atomic E-state index is 0.0550. The molecule has 2 fully saturated rings. The van der Waals surface area contributed by atoms with Crippen molar-refractivity contribution >= 4 is 40.7 Å². The Morgan fingerprint density at radius 3 is 2.03 bits per heavy atom. The third-order valence-corrected chi connectivity index (χ3v) is 5.74. The lowest BCUT2D eigenvalue weighted by atomic mass is 10.2. The van der Waals surface area contributed by atoms with Crippen molar-refractivity contribution < 1.29 is 29.0 Å². The zero-order valence-corrected chi connectivity index (χ0v) is 19.8. The first-order chi connectivity index (χ1) is 16.9. The fourth-order valence-electron chi connectivity index (χ4n) is 3.95. The highest BCUT2D eigenvalue weighted by Crippen LogP contribution is 2.33. The summed E-state index contributed by atoms with van der Waals surface area (Å²) in [5.74, 6) is -1.55. The summed E-state index contributed by atoms with van der Waals surface area (Å²) in [7, 11) is 0. The molecule has 0 bridgehead atoms. The van der Waals surface area contributed by atoms with Gasteiger partial charge in [-0.25, -0.2) is 0 Å². The maximum absolute atomic E-state index is 12.1. The van der Waals surface area contributed by atoms with Crippen LogP contribution in [0.25, 0.3) is 0 Å². The van der Waals surface area contributed by atoms with E-state index in [2.05, 4.69) is 5.32 Å². The van der Waals surface area contributed by atoms with E-state index in [4.69, 9.17) is 11.5 Å². The van der Waals surface area contributed by atoms with E-state index >= 15 is 0 Å². The predicted molar refractivity (Wildman–Crippen MR) is 125 cm³/mol. The fraction of sp³-hybridized carbons (Fsp3) is 0.500. The van der Waals surface area contributed by atoms with Crippen molar-refractivity contribution in [3.05, 3.63) is 38.4 Å². The highest BCUT2D eigenvalue weighted by Gasteiger charge is 2.37. The van der Waals surface area contributed by atoms with Gasteiger partial charge in [-0.05, 0) is 18.9 Å². The van der Waals surface area contributed by atoms with Crippen molar-refractivity contribution in [2.24, 2.45) is 11.5 Å². The molecule has 4 amide bonds. The summed E-state index contributed by atoms with van der Waals surface area (Å²) in [6.07, 6.45) is 0.889. The van der Waals surface area contributed by atoms with Gasteiger partial charge >= 0.3 is 0 Å². The first-order valence-electron chi connectivity index (χ1n) is 11.0. The summed E-state index contributed by atoms with van der Waals surface area (Å²) < 4.78 is 0. The molecule has 5 N–H and O–H groups in total. The zero-order valence-electron chi connectivity index (χ0n) is 19.8. The number of nitrogens with two attached hydrogens (primary N) is 2. The van der Waals surface area contributed by atoms with E-state index in [1.54, 1.807) is 6.92 Å². The van der Waals surface area contributed by atoms with Crippen molar-refractivity contribution in [2.45, 2.75) is 38.8 Å². The van der Waals surface area contributed by atoms with Crippen molar-refractivity contribution in [2.75, 3.05) is 31.3 Å². The fourth-order valence-corrected chi connectivity index (χ4v) is 3.95. The summed E-state index contributed by atoms with van der Waals surface area (Å²) >= 11 is 0. The second kappa shape index (κ2) is 11.9. The number of nitrogens with zero attached hydrogens (tertiary/aromatic N) is 5. The molecule has 0 spiro atoms. The molecule has 1 aromatic rings. The molecule has 16 nitrogen and oxygen atoms in total. The third kappa shape index (κ3) is 6.21. The van der Waals surface area contributed by atoms with Crippen molar-refractivity contribution in [3.8, 4) is 0 Å². The van der Waals surface area contributed by atoms with Gasteiger partial charge in [0.2, 0.25) is 23.6 Å². The first kappa shape index (κ1) is 27.9. The molecule has 2 aliphatic heterocycles. The minimum atomic E-state index is -0.806. The first-order valence-corrected chi connectivity index (χ1v) is 11.0. The van der Waals surface area contributed by atoms with Crippen LogP contribution in [0.1, 0.15) is 26.7 Å². The molecular weight excluding hydrogens is 480 g/mol. The lowest BCUT2D eigenvalue weighted by Gasteiger charge is -2.24. The molecule has 1 aromatic carbocycles. The number of nitro benzene ring substituents is 2. The Hall–Kier alpha value is -4.34. The van der Waals surface area contributed by atoms with Crippen molar-refractivity contribution in [1.82, 2.24) is 15.1 Å². The Kier molecular flexibility index (Phi) is 9.20. The van der Waals surface area contributed by atoms with Crippen LogP contribution in [0.3, 0.4) is 0 Å². The average Bonchev–Trinajstić information content (AvgIpc) is 3.40. The molecule has 2 saturated heterocycles. The van der Waals surface area contributed by atoms with E-state index < -0.39 is 51.0 Å². The molecule has 16 heteroatoms. The van der Waals surface area contributed by atoms with E-state index in [1.165, 1.54) is 20.8 Å². The highest BCUT2D eigenvalue weighted by molar-refractivity contribution is 5.91. The van der Waals surface area contributed by atoms with E-state index in [0.717, 1.165) is 12.1 Å². The van der Waals surface area contributed by atoms with Gasteiger partial charge in [-0.15, -0.1) is 0 Å². The van der Waals surface area contributed by atoms with Crippen LogP contribution in [0.15, 0.2) is 18.2 Å². The molecule has 2 heterocycles. The van der Waals surface area contributed by atoms with Crippen LogP contribution in [0, 0.1) is 20.2 Å². The molecule has 3 rings (SSSR count). The number of anilines is 1. The lowest BCUT2D eigenvalue weighted by molar-refractivity contribution is -0.393. The van der Waals surface area contributed by atoms with Crippen LogP contribution in [-0.4, -0.2) is 81.8 Å². The number of non-ortho nitro benzene ring substituents is 1. The quantitative estimate of drug-likeness (QED) is 0.272. The number of nitrogens with one attached hydrogen (secondary N) is 1. The largest absolute Gasteiger partial charge is 0.368 e. The molecular formula is C20H28N8O8. The number of hydrogen-bond acceptors (Lipinski definition) is 10. The summed E-state index contributed by atoms with van der Waals surface area (Å²) in [5.41, 5.74) is 9.57. The van der Waals surface area contributed by atoms with Gasteiger partial charge in [0, 0.05) is 6.07 Å². The Labute approximate surface area is 205 Å². The Balaban J connectivity index is 0.000000319. The van der Waals surface area contributed by atoms with Crippen molar-refractivity contribution in [1.29, 1.82) is 0 Å². The Morgan fingerprint density at radius 1 is 1.00 bits per heavy atom. The van der Waals surface area contributed by atoms with E-state index in [-0.39, 0.29) is 24.8 Å². The smallest absolute Gasteiger partial charge is 0.299 e. The number of primary amides is 2. The zero-order chi connectivity index (χ0) is 27.2. The van der Waals surface area contributed by atoms with Gasteiger partial charge in [0.1, 0.15) is 17.8 Å². The Morgan fingerprint density at radius 2 is 1.58 bits per heavy atom. The number of rotatable bonds is 9. The summed E-state index contributed by atoms with van der Waals surface area (Å²) in [6, 6.07) is 1.93. The molecule has 0 unspecified atom stereocenters. The lowest BCUT2D eigenvalue weighted by Crippen LogP contribution is -2.45. The number of nitro groups is 2. The minimum Gasteiger partial charge on any atom is -0.368 e. The van der Waals surface area contributed by atoms with Crippen LogP contribution in [0.2, 0.25) is 0 Å². The maximum Gasteiger partial charge on any atom is 0.299 e. The third-order valence-electron chi connectivity index (χ3n) is 5.74. The molecule has 2 atom stereocenters. The average molecular weight is 508 g/mol. The second-order valence-corrected chi connectivity index (χ2v) is 7.99. The summed E-state index contributed by atoms with van der Waals surface area (Å²) in [4.78, 5) is 70.1. The van der Waals surface area contributed by atoms with Gasteiger partial charge in [0.25, 0.3) is 11.4 Å². The van der Waals surface area contributed by atoms with Crippen LogP contribution >= 0.6 is 0 Å². The van der Waals surface area contributed by atoms with Gasteiger partial charge in [-0.2, -0.15) is 0 Å². The van der Waals surface area contributed by atoms with Crippen LogP contribution in [0.5, 0.6) is 0 Å². The van der Waals surface area contributed by atoms with Crippen LogP contribution < -0.4 is 21.7 Å². The van der Waals surface area contributed by atoms with Crippen LogP contribution in [0.4, 0.5) is 17.1 Å². The number of amides is 4. The highest BCUT2D eigenvalue weighted by atomic mass is 16.6. The Bertz CT molecular complexity index is 1060. The molecule has 0 aliphatic carbocycles. The molecule has 0 saturated carbocycles. The summed E-state index contributed by atoms with van der Waals surface area (Å²) in [6.45, 7) is 4.03. The van der Waals surface area contributed by atoms with E-state index in [9.17, 15) is 39.4 Å². The van der Waals surface area contributed by atoms with E-state index in [1.807, 2.05) is 6.92 Å². The molecule has 36 heavy (non-hydrogen) atoms. The predicted octanol–water partition coefficient (Wildman–Crippen LogP) is -0.987. The number of benzene rings is 1. The number of hydrogen-bond donors (Lipinski definition) is 3. The second-order valence-electron chi connectivity index (χ2n) is 7.99. The van der Waals surface area contributed by atoms with Crippen molar-refractivity contribution in [3.63, 3.8) is 0 Å². The maximum atomic E-state index is 12.1. The van der Waals surface area contributed by atoms with Gasteiger partial charge in [0.15, 0.2) is 0 Å². The van der Waals surface area contributed by atoms with Gasteiger partial charge in [-0.3, -0.25) is 44.7 Å². The topological polar surface area (TPSA) is 228 Å². The van der Waals surface area contributed by atoms with Gasteiger partial charge < -0.3 is 26.2 Å². The number of carbonyl (C=O) groups excluding carboxylic acids is 4.